The Morgan fingerprint density at radius 2 is 2.04 bits per heavy atom. The van der Waals surface area contributed by atoms with Gasteiger partial charge in [0.05, 0.1) is 7.11 Å². The second-order valence-corrected chi connectivity index (χ2v) is 7.39. The number of aromatic nitrogens is 1. The van der Waals surface area contributed by atoms with Gasteiger partial charge < -0.3 is 15.2 Å². The fourth-order valence-corrected chi connectivity index (χ4v) is 4.08. The third kappa shape index (κ3) is 6.40. The first-order chi connectivity index (χ1) is 12.3. The van der Waals surface area contributed by atoms with Gasteiger partial charge >= 0.3 is 12.1 Å². The zero-order valence-electron chi connectivity index (χ0n) is 14.6. The summed E-state index contributed by atoms with van der Waals surface area (Å²) in [6.07, 6.45) is -0.971. The summed E-state index contributed by atoms with van der Waals surface area (Å²) in [6.45, 7) is 5.99. The number of carbonyl (C=O) groups is 1. The van der Waals surface area contributed by atoms with Crippen LogP contribution in [0.1, 0.15) is 24.1 Å². The Balaban J connectivity index is 0.000000298. The Hall–Kier alpha value is -1.39. The molecule has 0 radical (unpaired) electrons. The quantitative estimate of drug-likeness (QED) is 0.816. The maximum absolute atomic E-state index is 10.6. The fourth-order valence-electron chi connectivity index (χ4n) is 3.35. The van der Waals surface area contributed by atoms with Crippen LogP contribution in [0.5, 0.6) is 5.88 Å². The molecular formula is C16H24F3N3O3S. The molecule has 1 aromatic rings. The monoisotopic (exact) mass is 395 g/mol. The average molecular weight is 395 g/mol. The lowest BCUT2D eigenvalue weighted by molar-refractivity contribution is -0.192. The van der Waals surface area contributed by atoms with Crippen molar-refractivity contribution in [2.75, 3.05) is 33.3 Å². The third-order valence-corrected chi connectivity index (χ3v) is 5.52. The van der Waals surface area contributed by atoms with Crippen molar-refractivity contribution < 1.29 is 27.8 Å². The molecule has 1 unspecified atom stereocenters. The molecule has 0 aromatic carbocycles. The van der Waals surface area contributed by atoms with Crippen LogP contribution in [0.15, 0.2) is 6.07 Å². The van der Waals surface area contributed by atoms with Crippen LogP contribution in [0.25, 0.3) is 0 Å². The van der Waals surface area contributed by atoms with E-state index in [0.29, 0.717) is 0 Å². The van der Waals surface area contributed by atoms with Crippen LogP contribution in [0, 0.1) is 11.8 Å². The molecular weight excluding hydrogens is 371 g/mol. The molecule has 1 aromatic heterocycles. The molecule has 10 heteroatoms. The van der Waals surface area contributed by atoms with Gasteiger partial charge in [0.15, 0.2) is 0 Å². The Morgan fingerprint density at radius 1 is 1.38 bits per heavy atom. The van der Waals surface area contributed by atoms with Crippen molar-refractivity contribution >= 4 is 17.5 Å². The topological polar surface area (TPSA) is 74.7 Å². The SMILES string of the molecule is COc1cc(CN2CCC(C3CCNC3)CC2)sn1.O=C(O)C(F)(F)F. The molecule has 0 spiro atoms. The summed E-state index contributed by atoms with van der Waals surface area (Å²) in [5, 5.41) is 10.6. The number of hydrogen-bond donors (Lipinski definition) is 2. The zero-order valence-corrected chi connectivity index (χ0v) is 15.4. The number of piperidine rings is 1. The second kappa shape index (κ2) is 9.52. The second-order valence-electron chi connectivity index (χ2n) is 6.50. The first kappa shape index (κ1) is 20.9. The van der Waals surface area contributed by atoms with Crippen LogP contribution in [0.4, 0.5) is 13.2 Å². The molecule has 2 saturated heterocycles. The van der Waals surface area contributed by atoms with Crippen molar-refractivity contribution in [3.63, 3.8) is 0 Å². The smallest absolute Gasteiger partial charge is 0.480 e. The van der Waals surface area contributed by atoms with Crippen LogP contribution < -0.4 is 10.1 Å². The Bertz CT molecular complexity index is 569. The lowest BCUT2D eigenvalue weighted by Gasteiger charge is -2.34. The number of alkyl halides is 3. The summed E-state index contributed by atoms with van der Waals surface area (Å²) in [4.78, 5) is 12.8. The van der Waals surface area contributed by atoms with E-state index >= 15 is 0 Å². The van der Waals surface area contributed by atoms with Gasteiger partial charge in [-0.05, 0) is 68.8 Å². The van der Waals surface area contributed by atoms with Crippen LogP contribution in [-0.2, 0) is 11.3 Å². The zero-order chi connectivity index (χ0) is 19.2. The van der Waals surface area contributed by atoms with Crippen LogP contribution in [0.3, 0.4) is 0 Å². The number of halogens is 3. The lowest BCUT2D eigenvalue weighted by Crippen LogP contribution is -2.36. The first-order valence-corrected chi connectivity index (χ1v) is 9.29. The van der Waals surface area contributed by atoms with Crippen molar-refractivity contribution in [1.29, 1.82) is 0 Å². The van der Waals surface area contributed by atoms with Gasteiger partial charge in [-0.1, -0.05) is 0 Å². The van der Waals surface area contributed by atoms with Crippen molar-refractivity contribution in [2.24, 2.45) is 11.8 Å². The van der Waals surface area contributed by atoms with E-state index in [1.54, 1.807) is 18.6 Å². The molecule has 26 heavy (non-hydrogen) atoms. The fraction of sp³-hybridized carbons (Fsp3) is 0.750. The highest BCUT2D eigenvalue weighted by molar-refractivity contribution is 7.05. The predicted octanol–water partition coefficient (Wildman–Crippen LogP) is 2.61. The van der Waals surface area contributed by atoms with Crippen LogP contribution in [-0.4, -0.2) is 59.8 Å². The molecule has 148 valence electrons. The molecule has 0 bridgehead atoms. The van der Waals surface area contributed by atoms with Crippen molar-refractivity contribution in [1.82, 2.24) is 14.6 Å². The van der Waals surface area contributed by atoms with E-state index in [1.165, 1.54) is 50.3 Å². The van der Waals surface area contributed by atoms with Gasteiger partial charge in [-0.2, -0.15) is 17.5 Å². The number of methoxy groups -OCH3 is 1. The van der Waals surface area contributed by atoms with Crippen molar-refractivity contribution in [3.8, 4) is 5.88 Å². The molecule has 0 saturated carbocycles. The number of hydrogen-bond acceptors (Lipinski definition) is 6. The Morgan fingerprint density at radius 3 is 2.50 bits per heavy atom. The molecule has 1 atom stereocenters. The number of likely N-dealkylation sites (tertiary alicyclic amines) is 1. The van der Waals surface area contributed by atoms with E-state index in [4.69, 9.17) is 14.6 Å². The summed E-state index contributed by atoms with van der Waals surface area (Å²) in [5.74, 6) is -0.118. The van der Waals surface area contributed by atoms with Crippen molar-refractivity contribution in [2.45, 2.75) is 32.0 Å². The molecule has 2 N–H and O–H groups in total. The number of rotatable bonds is 4. The van der Waals surface area contributed by atoms with Gasteiger partial charge in [-0.25, -0.2) is 4.79 Å². The lowest BCUT2D eigenvalue weighted by atomic mass is 9.84. The maximum atomic E-state index is 10.6. The number of nitrogens with one attached hydrogen (secondary N) is 1. The molecule has 0 amide bonds. The van der Waals surface area contributed by atoms with Gasteiger partial charge in [0.1, 0.15) is 0 Å². The standard InChI is InChI=1S/C14H23N3OS.C2HF3O2/c1-18-14-8-13(19-16-14)10-17-6-3-11(4-7-17)12-2-5-15-9-12;3-2(4,5)1(6)7/h8,11-12,15H,2-7,9-10H2,1H3;(H,6,7). The molecule has 2 aliphatic rings. The van der Waals surface area contributed by atoms with E-state index in [9.17, 15) is 13.2 Å². The normalized spacial score (nSPS) is 21.9. The number of aliphatic carboxylic acids is 1. The summed E-state index contributed by atoms with van der Waals surface area (Å²) in [6, 6.07) is 2.07. The highest BCUT2D eigenvalue weighted by Crippen LogP contribution is 2.30. The molecule has 6 nitrogen and oxygen atoms in total. The van der Waals surface area contributed by atoms with Gasteiger partial charge in [-0.3, -0.25) is 4.90 Å². The molecule has 0 aliphatic carbocycles. The van der Waals surface area contributed by atoms with Gasteiger partial charge in [0.2, 0.25) is 5.88 Å². The molecule has 2 fully saturated rings. The van der Waals surface area contributed by atoms with Crippen LogP contribution in [0.2, 0.25) is 0 Å². The minimum absolute atomic E-state index is 0.756. The minimum Gasteiger partial charge on any atom is -0.480 e. The minimum atomic E-state index is -5.08. The summed E-state index contributed by atoms with van der Waals surface area (Å²) in [5.41, 5.74) is 0. The largest absolute Gasteiger partial charge is 0.490 e. The Kier molecular flexibility index (Phi) is 7.66. The maximum Gasteiger partial charge on any atom is 0.490 e. The summed E-state index contributed by atoms with van der Waals surface area (Å²) < 4.78 is 41.1. The summed E-state index contributed by atoms with van der Waals surface area (Å²) in [7, 11) is 1.68. The van der Waals surface area contributed by atoms with E-state index < -0.39 is 12.1 Å². The van der Waals surface area contributed by atoms with Gasteiger partial charge in [-0.15, -0.1) is 0 Å². The number of ether oxygens (including phenoxy) is 1. The third-order valence-electron chi connectivity index (χ3n) is 4.77. The van der Waals surface area contributed by atoms with Crippen LogP contribution >= 0.6 is 11.5 Å². The Labute approximate surface area is 154 Å². The van der Waals surface area contributed by atoms with E-state index in [0.717, 1.165) is 24.3 Å². The number of nitrogens with zero attached hydrogens (tertiary/aromatic N) is 2. The highest BCUT2D eigenvalue weighted by atomic mass is 32.1. The average Bonchev–Trinajstić information content (AvgIpc) is 3.27. The number of carboxylic acids is 1. The van der Waals surface area contributed by atoms with E-state index in [2.05, 4.69) is 20.7 Å². The number of carboxylic acid groups (broad SMARTS) is 1. The van der Waals surface area contributed by atoms with Crippen molar-refractivity contribution in [3.05, 3.63) is 10.9 Å². The van der Waals surface area contributed by atoms with Gasteiger partial charge in [0, 0.05) is 17.5 Å². The predicted molar refractivity (Wildman–Crippen MR) is 91.3 cm³/mol. The molecule has 3 rings (SSSR count). The summed E-state index contributed by atoms with van der Waals surface area (Å²) >= 11 is 1.57. The van der Waals surface area contributed by atoms with Gasteiger partial charge in [0.25, 0.3) is 0 Å². The molecule has 2 aliphatic heterocycles. The van der Waals surface area contributed by atoms with E-state index in [1.807, 2.05) is 0 Å². The molecule has 3 heterocycles. The highest BCUT2D eigenvalue weighted by Gasteiger charge is 2.38. The van der Waals surface area contributed by atoms with E-state index in [-0.39, 0.29) is 0 Å². The first-order valence-electron chi connectivity index (χ1n) is 8.52.